The summed E-state index contributed by atoms with van der Waals surface area (Å²) in [5.41, 5.74) is 0. The van der Waals surface area contributed by atoms with Gasteiger partial charge in [-0.25, -0.2) is 4.98 Å². The van der Waals surface area contributed by atoms with Gasteiger partial charge in [0, 0.05) is 43.9 Å². The number of hydrogen-bond donors (Lipinski definition) is 1. The summed E-state index contributed by atoms with van der Waals surface area (Å²) in [5, 5.41) is 4.48. The molecule has 0 atom stereocenters. The zero-order valence-electron chi connectivity index (χ0n) is 12.8. The van der Waals surface area contributed by atoms with Crippen molar-refractivity contribution in [2.75, 3.05) is 31.7 Å². The molecule has 0 spiro atoms. The van der Waals surface area contributed by atoms with E-state index in [1.807, 2.05) is 6.20 Å². The van der Waals surface area contributed by atoms with Gasteiger partial charge in [-0.2, -0.15) is 0 Å². The highest BCUT2D eigenvalue weighted by atomic mass is 32.1. The van der Waals surface area contributed by atoms with Crippen molar-refractivity contribution in [1.82, 2.24) is 10.3 Å². The maximum atomic E-state index is 5.02. The van der Waals surface area contributed by atoms with Crippen molar-refractivity contribution >= 4 is 16.5 Å². The molecule has 0 aliphatic carbocycles. The van der Waals surface area contributed by atoms with Gasteiger partial charge in [-0.3, -0.25) is 0 Å². The zero-order valence-corrected chi connectivity index (χ0v) is 13.6. The molecule has 0 radical (unpaired) electrons. The number of ether oxygens (including phenoxy) is 1. The maximum Gasteiger partial charge on any atom is 0.185 e. The molecule has 1 aromatic heterocycles. The molecule has 19 heavy (non-hydrogen) atoms. The Balaban J connectivity index is 2.55. The van der Waals surface area contributed by atoms with Crippen LogP contribution in [0.4, 0.5) is 5.13 Å². The Morgan fingerprint density at radius 2 is 2.11 bits per heavy atom. The lowest BCUT2D eigenvalue weighted by atomic mass is 10.2. The van der Waals surface area contributed by atoms with Crippen LogP contribution in [-0.2, 0) is 11.3 Å². The van der Waals surface area contributed by atoms with Crippen LogP contribution < -0.4 is 10.2 Å². The third kappa shape index (κ3) is 5.89. The van der Waals surface area contributed by atoms with Gasteiger partial charge in [-0.1, -0.05) is 13.8 Å². The predicted molar refractivity (Wildman–Crippen MR) is 83.0 cm³/mol. The van der Waals surface area contributed by atoms with Gasteiger partial charge in [0.05, 0.1) is 6.61 Å². The second-order valence-electron chi connectivity index (χ2n) is 5.42. The fourth-order valence-corrected chi connectivity index (χ4v) is 2.82. The molecule has 1 N–H and O–H groups in total. The van der Waals surface area contributed by atoms with Gasteiger partial charge in [-0.15, -0.1) is 11.3 Å². The van der Waals surface area contributed by atoms with Crippen LogP contribution in [0.1, 0.15) is 32.6 Å². The Morgan fingerprint density at radius 1 is 1.37 bits per heavy atom. The van der Waals surface area contributed by atoms with Crippen LogP contribution in [0.2, 0.25) is 0 Å². The number of rotatable bonds is 9. The van der Waals surface area contributed by atoms with Crippen LogP contribution in [0.5, 0.6) is 0 Å². The number of aromatic nitrogens is 1. The fraction of sp³-hybridized carbons (Fsp3) is 0.786. The zero-order chi connectivity index (χ0) is 14.3. The standard InChI is InChI=1S/C14H27N3OS/c1-11(2)10-17(12(3)4)14-16-9-13(19-14)8-15-6-7-18-5/h9,11-12,15H,6-8,10H2,1-5H3. The van der Waals surface area contributed by atoms with Crippen LogP contribution in [-0.4, -0.2) is 37.8 Å². The van der Waals surface area contributed by atoms with Crippen LogP contribution in [0.15, 0.2) is 6.20 Å². The van der Waals surface area contributed by atoms with Crippen LogP contribution in [0.25, 0.3) is 0 Å². The second kappa shape index (κ2) is 8.51. The van der Waals surface area contributed by atoms with Gasteiger partial charge in [-0.05, 0) is 19.8 Å². The average Bonchev–Trinajstić information content (AvgIpc) is 2.79. The Kier molecular flexibility index (Phi) is 7.34. The number of nitrogens with one attached hydrogen (secondary N) is 1. The molecule has 1 rings (SSSR count). The number of methoxy groups -OCH3 is 1. The van der Waals surface area contributed by atoms with E-state index < -0.39 is 0 Å². The molecule has 4 nitrogen and oxygen atoms in total. The Bertz CT molecular complexity index is 352. The largest absolute Gasteiger partial charge is 0.383 e. The van der Waals surface area contributed by atoms with Crippen LogP contribution in [0, 0.1) is 5.92 Å². The predicted octanol–water partition coefficient (Wildman–Crippen LogP) is 2.75. The van der Waals surface area contributed by atoms with E-state index in [0.29, 0.717) is 12.0 Å². The molecule has 1 aromatic rings. The van der Waals surface area contributed by atoms with Gasteiger partial charge in [0.1, 0.15) is 0 Å². The van der Waals surface area contributed by atoms with Gasteiger partial charge in [0.25, 0.3) is 0 Å². The summed E-state index contributed by atoms with van der Waals surface area (Å²) in [6.07, 6.45) is 1.98. The number of hydrogen-bond acceptors (Lipinski definition) is 5. The van der Waals surface area contributed by atoms with E-state index in [0.717, 1.165) is 31.4 Å². The molecule has 0 amide bonds. The van der Waals surface area contributed by atoms with Crippen molar-refractivity contribution in [3.63, 3.8) is 0 Å². The maximum absolute atomic E-state index is 5.02. The molecule has 0 unspecified atom stereocenters. The van der Waals surface area contributed by atoms with Crippen LogP contribution >= 0.6 is 11.3 Å². The molecule has 0 aliphatic heterocycles. The molecule has 0 saturated heterocycles. The number of thiazole rings is 1. The first kappa shape index (κ1) is 16.4. The van der Waals surface area contributed by atoms with Gasteiger partial charge < -0.3 is 15.0 Å². The third-order valence-corrected chi connectivity index (χ3v) is 3.79. The summed E-state index contributed by atoms with van der Waals surface area (Å²) >= 11 is 1.78. The Hall–Kier alpha value is -0.650. The number of nitrogens with zero attached hydrogens (tertiary/aromatic N) is 2. The minimum Gasteiger partial charge on any atom is -0.383 e. The van der Waals surface area contributed by atoms with E-state index in [1.165, 1.54) is 4.88 Å². The van der Waals surface area contributed by atoms with Crippen molar-refractivity contribution in [3.8, 4) is 0 Å². The lowest BCUT2D eigenvalue weighted by molar-refractivity contribution is 0.199. The topological polar surface area (TPSA) is 37.4 Å². The van der Waals surface area contributed by atoms with Crippen molar-refractivity contribution in [2.24, 2.45) is 5.92 Å². The molecular weight excluding hydrogens is 258 g/mol. The molecule has 0 bridgehead atoms. The quantitative estimate of drug-likeness (QED) is 0.708. The molecule has 0 fully saturated rings. The summed E-state index contributed by atoms with van der Waals surface area (Å²) < 4.78 is 5.02. The Labute approximate surface area is 121 Å². The summed E-state index contributed by atoms with van der Waals surface area (Å²) in [6.45, 7) is 12.5. The summed E-state index contributed by atoms with van der Waals surface area (Å²) in [5.74, 6) is 0.648. The lowest BCUT2D eigenvalue weighted by Gasteiger charge is -2.27. The van der Waals surface area contributed by atoms with E-state index >= 15 is 0 Å². The van der Waals surface area contributed by atoms with E-state index in [-0.39, 0.29) is 0 Å². The SMILES string of the molecule is COCCNCc1cnc(N(CC(C)C)C(C)C)s1. The average molecular weight is 285 g/mol. The fourth-order valence-electron chi connectivity index (χ4n) is 1.80. The monoisotopic (exact) mass is 285 g/mol. The molecule has 110 valence electrons. The minimum absolute atomic E-state index is 0.489. The molecule has 0 aromatic carbocycles. The first-order valence-electron chi connectivity index (χ1n) is 6.95. The first-order valence-corrected chi connectivity index (χ1v) is 7.77. The lowest BCUT2D eigenvalue weighted by Crippen LogP contribution is -2.33. The smallest absolute Gasteiger partial charge is 0.185 e. The van der Waals surface area contributed by atoms with Crippen molar-refractivity contribution in [3.05, 3.63) is 11.1 Å². The van der Waals surface area contributed by atoms with E-state index in [9.17, 15) is 0 Å². The minimum atomic E-state index is 0.489. The summed E-state index contributed by atoms with van der Waals surface area (Å²) in [4.78, 5) is 8.22. The van der Waals surface area contributed by atoms with Crippen LogP contribution in [0.3, 0.4) is 0 Å². The molecular formula is C14H27N3OS. The van der Waals surface area contributed by atoms with Crippen molar-refractivity contribution in [1.29, 1.82) is 0 Å². The van der Waals surface area contributed by atoms with E-state index in [1.54, 1.807) is 18.4 Å². The van der Waals surface area contributed by atoms with Crippen molar-refractivity contribution < 1.29 is 4.74 Å². The molecule has 0 aliphatic rings. The summed E-state index contributed by atoms with van der Waals surface area (Å²) in [6, 6.07) is 0.489. The molecule has 1 heterocycles. The van der Waals surface area contributed by atoms with E-state index in [2.05, 4.69) is 42.9 Å². The highest BCUT2D eigenvalue weighted by Crippen LogP contribution is 2.25. The number of anilines is 1. The Morgan fingerprint density at radius 3 is 2.68 bits per heavy atom. The molecule has 0 saturated carbocycles. The highest BCUT2D eigenvalue weighted by molar-refractivity contribution is 7.15. The van der Waals surface area contributed by atoms with Gasteiger partial charge >= 0.3 is 0 Å². The summed E-state index contributed by atoms with van der Waals surface area (Å²) in [7, 11) is 1.72. The van der Waals surface area contributed by atoms with Gasteiger partial charge in [0.2, 0.25) is 0 Å². The molecule has 5 heteroatoms. The van der Waals surface area contributed by atoms with Gasteiger partial charge in [0.15, 0.2) is 5.13 Å². The third-order valence-electron chi connectivity index (χ3n) is 2.75. The highest BCUT2D eigenvalue weighted by Gasteiger charge is 2.15. The second-order valence-corrected chi connectivity index (χ2v) is 6.51. The van der Waals surface area contributed by atoms with Crippen molar-refractivity contribution in [2.45, 2.75) is 40.3 Å². The normalized spacial score (nSPS) is 11.5. The van der Waals surface area contributed by atoms with E-state index in [4.69, 9.17) is 4.74 Å². The first-order chi connectivity index (χ1) is 9.04.